The number of halogens is 1. The van der Waals surface area contributed by atoms with Gasteiger partial charge in [0, 0.05) is 24.5 Å². The minimum atomic E-state index is 0. The number of nitrogens with zero attached hydrogens (tertiary/aromatic N) is 2. The minimum absolute atomic E-state index is 0. The van der Waals surface area contributed by atoms with Crippen LogP contribution in [0.2, 0.25) is 0 Å². The predicted molar refractivity (Wildman–Crippen MR) is 115 cm³/mol. The van der Waals surface area contributed by atoms with Gasteiger partial charge in [-0.2, -0.15) is 0 Å². The van der Waals surface area contributed by atoms with Crippen molar-refractivity contribution in [2.24, 2.45) is 4.99 Å². The normalized spacial score (nSPS) is 12.4. The highest BCUT2D eigenvalue weighted by atomic mass is 127. The van der Waals surface area contributed by atoms with Crippen LogP contribution in [0.15, 0.2) is 41.4 Å². The van der Waals surface area contributed by atoms with E-state index in [4.69, 9.17) is 0 Å². The second-order valence-electron chi connectivity index (χ2n) is 5.53. The standard InChI is InChI=1S/C18H27N5.HI/c1-4-14(3)22-18(19-5-2)21-13-12-20-17-11-10-15-8-6-7-9-16(15)23-17;/h6-11,14H,4-5,12-13H2,1-3H3,(H,20,23)(H2,19,21,22);1H. The van der Waals surface area contributed by atoms with Crippen LogP contribution in [0.3, 0.4) is 0 Å². The highest BCUT2D eigenvalue weighted by Crippen LogP contribution is 2.14. The average Bonchev–Trinajstić information content (AvgIpc) is 2.58. The number of pyridine rings is 1. The van der Waals surface area contributed by atoms with Gasteiger partial charge in [0.1, 0.15) is 5.82 Å². The highest BCUT2D eigenvalue weighted by molar-refractivity contribution is 14.0. The maximum atomic E-state index is 4.60. The van der Waals surface area contributed by atoms with Gasteiger partial charge in [-0.25, -0.2) is 4.98 Å². The third-order valence-corrected chi connectivity index (χ3v) is 3.63. The molecule has 0 saturated carbocycles. The summed E-state index contributed by atoms with van der Waals surface area (Å²) in [4.78, 5) is 9.18. The van der Waals surface area contributed by atoms with Crippen LogP contribution in [0.4, 0.5) is 5.82 Å². The molecule has 0 radical (unpaired) electrons. The van der Waals surface area contributed by atoms with Gasteiger partial charge in [0.2, 0.25) is 0 Å². The molecule has 0 aliphatic heterocycles. The molecule has 2 aromatic rings. The first-order valence-corrected chi connectivity index (χ1v) is 8.37. The molecule has 24 heavy (non-hydrogen) atoms. The molecular weight excluding hydrogens is 413 g/mol. The van der Waals surface area contributed by atoms with E-state index in [9.17, 15) is 0 Å². The fourth-order valence-corrected chi connectivity index (χ4v) is 2.17. The number of fused-ring (bicyclic) bond motifs is 1. The fourth-order valence-electron chi connectivity index (χ4n) is 2.17. The summed E-state index contributed by atoms with van der Waals surface area (Å²) in [6.45, 7) is 8.70. The number of rotatable bonds is 7. The molecule has 1 unspecified atom stereocenters. The Morgan fingerprint density at radius 3 is 2.71 bits per heavy atom. The Kier molecular flexibility index (Phi) is 9.44. The zero-order chi connectivity index (χ0) is 16.5. The Hall–Kier alpha value is -1.57. The quantitative estimate of drug-likeness (QED) is 0.266. The Balaban J connectivity index is 0.00000288. The molecule has 2 rings (SSSR count). The van der Waals surface area contributed by atoms with Crippen LogP contribution in [-0.2, 0) is 0 Å². The minimum Gasteiger partial charge on any atom is -0.368 e. The Morgan fingerprint density at radius 1 is 1.17 bits per heavy atom. The monoisotopic (exact) mass is 441 g/mol. The molecular formula is C18H28IN5. The van der Waals surface area contributed by atoms with Gasteiger partial charge >= 0.3 is 0 Å². The Labute approximate surface area is 161 Å². The summed E-state index contributed by atoms with van der Waals surface area (Å²) in [5, 5.41) is 11.1. The number of nitrogens with one attached hydrogen (secondary N) is 3. The lowest BCUT2D eigenvalue weighted by Crippen LogP contribution is -2.42. The zero-order valence-corrected chi connectivity index (χ0v) is 17.0. The molecule has 0 saturated heterocycles. The van der Waals surface area contributed by atoms with Crippen LogP contribution in [0.25, 0.3) is 10.9 Å². The van der Waals surface area contributed by atoms with Crippen molar-refractivity contribution in [2.75, 3.05) is 25.0 Å². The van der Waals surface area contributed by atoms with Crippen molar-refractivity contribution in [3.63, 3.8) is 0 Å². The van der Waals surface area contributed by atoms with E-state index in [0.717, 1.165) is 42.2 Å². The molecule has 1 atom stereocenters. The predicted octanol–water partition coefficient (Wildman–Crippen LogP) is 3.62. The maximum absolute atomic E-state index is 4.60. The lowest BCUT2D eigenvalue weighted by molar-refractivity contribution is 0.625. The topological polar surface area (TPSA) is 61.3 Å². The first-order valence-electron chi connectivity index (χ1n) is 8.37. The van der Waals surface area contributed by atoms with E-state index < -0.39 is 0 Å². The molecule has 0 spiro atoms. The van der Waals surface area contributed by atoms with E-state index in [-0.39, 0.29) is 24.0 Å². The number of hydrogen-bond donors (Lipinski definition) is 3. The van der Waals surface area contributed by atoms with E-state index in [2.05, 4.69) is 58.8 Å². The Bertz CT molecular complexity index is 644. The van der Waals surface area contributed by atoms with Gasteiger partial charge in [0.15, 0.2) is 5.96 Å². The van der Waals surface area contributed by atoms with Gasteiger partial charge in [-0.15, -0.1) is 24.0 Å². The van der Waals surface area contributed by atoms with Crippen LogP contribution < -0.4 is 16.0 Å². The maximum Gasteiger partial charge on any atom is 0.191 e. The van der Waals surface area contributed by atoms with Gasteiger partial charge in [0.05, 0.1) is 12.1 Å². The number of benzene rings is 1. The molecule has 6 heteroatoms. The molecule has 1 heterocycles. The van der Waals surface area contributed by atoms with Crippen LogP contribution in [-0.4, -0.2) is 36.6 Å². The van der Waals surface area contributed by atoms with Gasteiger partial charge < -0.3 is 16.0 Å². The van der Waals surface area contributed by atoms with E-state index in [0.29, 0.717) is 12.6 Å². The van der Waals surface area contributed by atoms with Gasteiger partial charge in [0.25, 0.3) is 0 Å². The molecule has 1 aromatic carbocycles. The van der Waals surface area contributed by atoms with Gasteiger partial charge in [-0.05, 0) is 38.5 Å². The van der Waals surface area contributed by atoms with E-state index in [1.807, 2.05) is 24.3 Å². The highest BCUT2D eigenvalue weighted by Gasteiger charge is 2.02. The van der Waals surface area contributed by atoms with Crippen LogP contribution in [0.5, 0.6) is 0 Å². The number of hydrogen-bond acceptors (Lipinski definition) is 3. The van der Waals surface area contributed by atoms with Crippen LogP contribution >= 0.6 is 24.0 Å². The fraction of sp³-hybridized carbons (Fsp3) is 0.444. The molecule has 0 fully saturated rings. The van der Waals surface area contributed by atoms with Crippen molar-refractivity contribution in [2.45, 2.75) is 33.2 Å². The molecule has 0 bridgehead atoms. The number of aliphatic imine (C=N–C) groups is 1. The van der Waals surface area contributed by atoms with Crippen LogP contribution in [0, 0.1) is 0 Å². The first-order chi connectivity index (χ1) is 11.2. The summed E-state index contributed by atoms with van der Waals surface area (Å²) in [7, 11) is 0. The molecule has 1 aromatic heterocycles. The lowest BCUT2D eigenvalue weighted by Gasteiger charge is -2.16. The van der Waals surface area contributed by atoms with Crippen molar-refractivity contribution in [3.05, 3.63) is 36.4 Å². The number of para-hydroxylation sites is 1. The summed E-state index contributed by atoms with van der Waals surface area (Å²) < 4.78 is 0. The molecule has 0 aliphatic rings. The van der Waals surface area contributed by atoms with Crippen molar-refractivity contribution in [1.82, 2.24) is 15.6 Å². The second kappa shape index (κ2) is 11.1. The summed E-state index contributed by atoms with van der Waals surface area (Å²) >= 11 is 0. The van der Waals surface area contributed by atoms with Gasteiger partial charge in [-0.3, -0.25) is 4.99 Å². The first kappa shape index (κ1) is 20.5. The third kappa shape index (κ3) is 6.51. The van der Waals surface area contributed by atoms with Crippen molar-refractivity contribution < 1.29 is 0 Å². The number of aromatic nitrogens is 1. The number of guanidine groups is 1. The lowest BCUT2D eigenvalue weighted by atomic mass is 10.2. The van der Waals surface area contributed by atoms with Crippen molar-refractivity contribution >= 4 is 46.7 Å². The summed E-state index contributed by atoms with van der Waals surface area (Å²) in [6.07, 6.45) is 1.07. The summed E-state index contributed by atoms with van der Waals surface area (Å²) in [6, 6.07) is 12.6. The Morgan fingerprint density at radius 2 is 1.96 bits per heavy atom. The van der Waals surface area contributed by atoms with Crippen molar-refractivity contribution in [1.29, 1.82) is 0 Å². The largest absolute Gasteiger partial charge is 0.368 e. The van der Waals surface area contributed by atoms with Gasteiger partial charge in [-0.1, -0.05) is 25.1 Å². The number of anilines is 1. The second-order valence-corrected chi connectivity index (χ2v) is 5.53. The molecule has 0 aliphatic carbocycles. The smallest absolute Gasteiger partial charge is 0.191 e. The zero-order valence-electron chi connectivity index (χ0n) is 14.7. The third-order valence-electron chi connectivity index (χ3n) is 3.63. The SMILES string of the molecule is CCNC(=NCCNc1ccc2ccccc2n1)NC(C)CC.I. The van der Waals surface area contributed by atoms with Crippen LogP contribution in [0.1, 0.15) is 27.2 Å². The molecule has 3 N–H and O–H groups in total. The van der Waals surface area contributed by atoms with E-state index in [1.165, 1.54) is 0 Å². The van der Waals surface area contributed by atoms with E-state index >= 15 is 0 Å². The van der Waals surface area contributed by atoms with Crippen molar-refractivity contribution in [3.8, 4) is 0 Å². The molecule has 0 amide bonds. The average molecular weight is 441 g/mol. The summed E-state index contributed by atoms with van der Waals surface area (Å²) in [5.41, 5.74) is 1.01. The molecule has 5 nitrogen and oxygen atoms in total. The summed E-state index contributed by atoms with van der Waals surface area (Å²) in [5.74, 6) is 1.76. The van der Waals surface area contributed by atoms with E-state index in [1.54, 1.807) is 0 Å². The molecule has 132 valence electrons.